The van der Waals surface area contributed by atoms with Gasteiger partial charge in [-0.25, -0.2) is 0 Å². The van der Waals surface area contributed by atoms with E-state index in [1.165, 1.54) is 107 Å². The largest absolute Gasteiger partial charge is 0.313 e. The predicted molar refractivity (Wildman–Crippen MR) is 244 cm³/mol. The highest BCUT2D eigenvalue weighted by molar-refractivity contribution is 6.01. The molecule has 0 fully saturated rings. The minimum atomic E-state index is -0.330. The van der Waals surface area contributed by atoms with Crippen LogP contribution in [0.3, 0.4) is 0 Å². The molecule has 6 aromatic carbocycles. The fraction of sp³-hybridized carbons (Fsp3) is 0.200. The molecule has 5 aliphatic heterocycles. The summed E-state index contributed by atoms with van der Waals surface area (Å²) in [5, 5.41) is 0. The Labute approximate surface area is 342 Å². The molecular formula is C55H47N3. The first-order chi connectivity index (χ1) is 28.0. The highest BCUT2D eigenvalue weighted by Gasteiger charge is 2.52. The average molecular weight is 750 g/mol. The van der Waals surface area contributed by atoms with Crippen LogP contribution in [0.2, 0.25) is 0 Å². The van der Waals surface area contributed by atoms with E-state index in [0.717, 1.165) is 12.8 Å². The van der Waals surface area contributed by atoms with Crippen LogP contribution in [-0.2, 0) is 16.2 Å². The molecule has 3 nitrogen and oxygen atoms in total. The molecular weight excluding hydrogens is 703 g/mol. The zero-order valence-corrected chi connectivity index (χ0v) is 34.2. The van der Waals surface area contributed by atoms with Crippen LogP contribution < -0.4 is 14.7 Å². The average Bonchev–Trinajstić information content (AvgIpc) is 3.51. The molecule has 58 heavy (non-hydrogen) atoms. The van der Waals surface area contributed by atoms with Gasteiger partial charge >= 0.3 is 0 Å². The van der Waals surface area contributed by atoms with E-state index in [1.54, 1.807) is 0 Å². The number of rotatable bonds is 2. The van der Waals surface area contributed by atoms with Gasteiger partial charge in [-0.2, -0.15) is 0 Å². The topological polar surface area (TPSA) is 9.72 Å². The van der Waals surface area contributed by atoms with E-state index in [9.17, 15) is 0 Å². The van der Waals surface area contributed by atoms with Gasteiger partial charge in [0.1, 0.15) is 0 Å². The third-order valence-corrected chi connectivity index (χ3v) is 14.3. The third kappa shape index (κ3) is 4.29. The maximum atomic E-state index is 2.70. The van der Waals surface area contributed by atoms with Crippen LogP contribution in [-0.4, -0.2) is 0 Å². The van der Waals surface area contributed by atoms with Gasteiger partial charge in [-0.1, -0.05) is 151 Å². The molecule has 0 spiro atoms. The minimum absolute atomic E-state index is 0.233. The molecule has 3 heteroatoms. The number of fused-ring (bicyclic) bond motifs is 3. The summed E-state index contributed by atoms with van der Waals surface area (Å²) in [5.74, 6) is 0. The van der Waals surface area contributed by atoms with Crippen molar-refractivity contribution in [2.24, 2.45) is 0 Å². The zero-order chi connectivity index (χ0) is 39.3. The second-order valence-corrected chi connectivity index (χ2v) is 18.5. The molecule has 0 aromatic heterocycles. The summed E-state index contributed by atoms with van der Waals surface area (Å²) in [6.07, 6.45) is 15.9. The molecule has 282 valence electrons. The lowest BCUT2D eigenvalue weighted by Gasteiger charge is -2.55. The van der Waals surface area contributed by atoms with Gasteiger partial charge in [-0.3, -0.25) is 0 Å². The smallest absolute Gasteiger partial charge is 0.0545 e. The van der Waals surface area contributed by atoms with Crippen molar-refractivity contribution in [2.75, 3.05) is 14.7 Å². The number of anilines is 8. The SMILES string of the molecule is CC1(C)c2cccc3c2N2c4c1cc(N1C5=C(C=CCC5)C=Cc5ccccc51)cc4C(C)(C)c1cc(N4c5ccccc5C=Cc5ccccc54)cc(c12)C3(C)C. The third-order valence-electron chi connectivity index (χ3n) is 14.3. The van der Waals surface area contributed by atoms with Crippen molar-refractivity contribution in [1.29, 1.82) is 0 Å². The molecule has 0 bridgehead atoms. The maximum absolute atomic E-state index is 2.70. The van der Waals surface area contributed by atoms with Crippen molar-refractivity contribution in [3.05, 3.63) is 195 Å². The summed E-state index contributed by atoms with van der Waals surface area (Å²) in [4.78, 5) is 7.81. The van der Waals surface area contributed by atoms with E-state index in [4.69, 9.17) is 0 Å². The quantitative estimate of drug-likeness (QED) is 0.174. The Hall–Kier alpha value is -6.32. The van der Waals surface area contributed by atoms with Crippen molar-refractivity contribution in [3.8, 4) is 0 Å². The van der Waals surface area contributed by atoms with E-state index in [-0.39, 0.29) is 16.2 Å². The summed E-state index contributed by atoms with van der Waals surface area (Å²) < 4.78 is 0. The molecule has 0 unspecified atom stereocenters. The van der Waals surface area contributed by atoms with Gasteiger partial charge < -0.3 is 14.7 Å². The second-order valence-electron chi connectivity index (χ2n) is 18.5. The second kappa shape index (κ2) is 11.4. The van der Waals surface area contributed by atoms with Crippen LogP contribution in [0, 0.1) is 0 Å². The van der Waals surface area contributed by atoms with Crippen molar-refractivity contribution >= 4 is 63.7 Å². The lowest BCUT2D eigenvalue weighted by Crippen LogP contribution is -2.44. The van der Waals surface area contributed by atoms with E-state index in [1.807, 2.05) is 0 Å². The Morgan fingerprint density at radius 2 is 0.810 bits per heavy atom. The van der Waals surface area contributed by atoms with Crippen molar-refractivity contribution in [2.45, 2.75) is 70.6 Å². The Balaban J connectivity index is 1.18. The van der Waals surface area contributed by atoms with Gasteiger partial charge in [-0.15, -0.1) is 0 Å². The van der Waals surface area contributed by atoms with Crippen LogP contribution in [0.15, 0.2) is 145 Å². The summed E-state index contributed by atoms with van der Waals surface area (Å²) in [6.45, 7) is 14.8. The molecule has 0 saturated carbocycles. The van der Waals surface area contributed by atoms with Crippen LogP contribution in [0.5, 0.6) is 0 Å². The van der Waals surface area contributed by atoms with Crippen molar-refractivity contribution in [3.63, 3.8) is 0 Å². The first-order valence-electron chi connectivity index (χ1n) is 21.0. The number of para-hydroxylation sites is 4. The highest BCUT2D eigenvalue weighted by atomic mass is 15.2. The Morgan fingerprint density at radius 1 is 0.397 bits per heavy atom. The molecule has 0 saturated heterocycles. The molecule has 1 aliphatic carbocycles. The molecule has 5 heterocycles. The minimum Gasteiger partial charge on any atom is -0.313 e. The lowest BCUT2D eigenvalue weighted by molar-refractivity contribution is 0.566. The Morgan fingerprint density at radius 3 is 1.33 bits per heavy atom. The molecule has 0 amide bonds. The Kier molecular flexibility index (Phi) is 6.65. The van der Waals surface area contributed by atoms with Gasteiger partial charge in [0.15, 0.2) is 0 Å². The van der Waals surface area contributed by atoms with Crippen LogP contribution in [0.1, 0.15) is 104 Å². The number of nitrogens with zero attached hydrogens (tertiary/aromatic N) is 3. The van der Waals surface area contributed by atoms with Gasteiger partial charge in [0.25, 0.3) is 0 Å². The molecule has 0 atom stereocenters. The molecule has 12 rings (SSSR count). The molecule has 0 radical (unpaired) electrons. The number of allylic oxidation sites excluding steroid dienone is 5. The number of hydrogen-bond acceptors (Lipinski definition) is 3. The standard InChI is InChI=1S/C55H47N3/c1-53(2)40-20-15-21-41-50(40)58-51-42(53)30-38(56-46-22-11-7-16-34(46)26-27-35-17-8-12-23-47(35)56)32-44(51)55(5,6)45-33-39(31-43(52(45)58)54(41,3)4)57-48-24-13-9-18-36(48)28-29-37-19-10-14-25-49(37)57/h7-13,15-24,26-33H,14,25H2,1-6H3. The fourth-order valence-electron chi connectivity index (χ4n) is 11.2. The van der Waals surface area contributed by atoms with Crippen LogP contribution >= 0.6 is 0 Å². The Bertz CT molecular complexity index is 2900. The van der Waals surface area contributed by atoms with E-state index in [2.05, 4.69) is 208 Å². The zero-order valence-electron chi connectivity index (χ0n) is 34.2. The monoisotopic (exact) mass is 749 g/mol. The molecule has 0 N–H and O–H groups in total. The van der Waals surface area contributed by atoms with E-state index in [0.29, 0.717) is 0 Å². The number of benzene rings is 6. The lowest BCUT2D eigenvalue weighted by atomic mass is 9.60. The normalized spacial score (nSPS) is 18.8. The van der Waals surface area contributed by atoms with Crippen molar-refractivity contribution < 1.29 is 0 Å². The van der Waals surface area contributed by atoms with E-state index < -0.39 is 0 Å². The van der Waals surface area contributed by atoms with Gasteiger partial charge in [0.2, 0.25) is 0 Å². The summed E-state index contributed by atoms with van der Waals surface area (Å²) >= 11 is 0. The number of hydrogen-bond donors (Lipinski definition) is 0. The first kappa shape index (κ1) is 33.8. The first-order valence-corrected chi connectivity index (χ1v) is 21.0. The summed E-state index contributed by atoms with van der Waals surface area (Å²) in [7, 11) is 0. The summed E-state index contributed by atoms with van der Waals surface area (Å²) in [5.41, 5.74) is 24.0. The maximum Gasteiger partial charge on any atom is 0.0545 e. The van der Waals surface area contributed by atoms with Crippen molar-refractivity contribution in [1.82, 2.24) is 0 Å². The van der Waals surface area contributed by atoms with E-state index >= 15 is 0 Å². The summed E-state index contributed by atoms with van der Waals surface area (Å²) in [6, 6.07) is 43.9. The fourth-order valence-corrected chi connectivity index (χ4v) is 11.2. The van der Waals surface area contributed by atoms with Gasteiger partial charge in [0.05, 0.1) is 34.1 Å². The molecule has 6 aromatic rings. The van der Waals surface area contributed by atoms with Crippen LogP contribution in [0.25, 0.3) is 18.2 Å². The van der Waals surface area contributed by atoms with Crippen LogP contribution in [0.4, 0.5) is 45.5 Å². The van der Waals surface area contributed by atoms with Gasteiger partial charge in [-0.05, 0) is 111 Å². The molecule has 6 aliphatic rings. The highest BCUT2D eigenvalue weighted by Crippen LogP contribution is 2.67. The van der Waals surface area contributed by atoms with Gasteiger partial charge in [0, 0.05) is 33.3 Å². The predicted octanol–water partition coefficient (Wildman–Crippen LogP) is 14.8.